The first-order chi connectivity index (χ1) is 10.1. The van der Waals surface area contributed by atoms with Crippen LogP contribution in [0.2, 0.25) is 5.02 Å². The van der Waals surface area contributed by atoms with E-state index in [1.807, 2.05) is 0 Å². The third-order valence-electron chi connectivity index (χ3n) is 4.06. The fraction of sp³-hybridized carbons (Fsp3) is 0.500. The number of nitro groups is 1. The Morgan fingerprint density at radius 1 is 1.24 bits per heavy atom. The van der Waals surface area contributed by atoms with Gasteiger partial charge in [0.05, 0.1) is 15.5 Å². The van der Waals surface area contributed by atoms with Gasteiger partial charge in [0.15, 0.2) is 0 Å². The summed E-state index contributed by atoms with van der Waals surface area (Å²) in [5, 5.41) is 11.1. The molecule has 1 amide bonds. The van der Waals surface area contributed by atoms with E-state index >= 15 is 0 Å². The minimum atomic E-state index is -0.516. The van der Waals surface area contributed by atoms with Gasteiger partial charge in [0.1, 0.15) is 0 Å². The van der Waals surface area contributed by atoms with Crippen LogP contribution in [-0.4, -0.2) is 52.9 Å². The zero-order valence-corrected chi connectivity index (χ0v) is 12.3. The molecule has 1 aliphatic carbocycles. The lowest BCUT2D eigenvalue weighted by Crippen LogP contribution is -2.49. The first-order valence-electron chi connectivity index (χ1n) is 7.03. The van der Waals surface area contributed by atoms with E-state index in [2.05, 4.69) is 4.90 Å². The molecule has 1 saturated heterocycles. The molecule has 1 aliphatic heterocycles. The maximum Gasteiger partial charge on any atom is 0.270 e. The monoisotopic (exact) mass is 309 g/mol. The summed E-state index contributed by atoms with van der Waals surface area (Å²) in [4.78, 5) is 26.9. The first kappa shape index (κ1) is 14.3. The number of carbonyl (C=O) groups is 1. The summed E-state index contributed by atoms with van der Waals surface area (Å²) in [5.41, 5.74) is 0.102. The van der Waals surface area contributed by atoms with Crippen molar-refractivity contribution in [1.82, 2.24) is 9.80 Å². The minimum Gasteiger partial charge on any atom is -0.336 e. The predicted octanol–water partition coefficient (Wildman–Crippen LogP) is 2.17. The number of rotatable bonds is 3. The maximum atomic E-state index is 12.5. The van der Waals surface area contributed by atoms with Gasteiger partial charge in [0.2, 0.25) is 0 Å². The number of halogens is 1. The van der Waals surface area contributed by atoms with Crippen LogP contribution in [0, 0.1) is 10.1 Å². The molecular formula is C14H16ClN3O3. The van der Waals surface area contributed by atoms with Gasteiger partial charge in [-0.1, -0.05) is 11.6 Å². The Hall–Kier alpha value is -1.66. The molecule has 1 saturated carbocycles. The molecule has 21 heavy (non-hydrogen) atoms. The van der Waals surface area contributed by atoms with E-state index in [4.69, 9.17) is 11.6 Å². The van der Waals surface area contributed by atoms with Crippen molar-refractivity contribution in [3.8, 4) is 0 Å². The molecule has 1 heterocycles. The van der Waals surface area contributed by atoms with Crippen molar-refractivity contribution in [2.24, 2.45) is 0 Å². The molecule has 1 aromatic rings. The number of amides is 1. The fourth-order valence-electron chi connectivity index (χ4n) is 2.69. The van der Waals surface area contributed by atoms with Crippen LogP contribution in [0.5, 0.6) is 0 Å². The smallest absolute Gasteiger partial charge is 0.270 e. The topological polar surface area (TPSA) is 66.7 Å². The Labute approximate surface area is 127 Å². The Morgan fingerprint density at radius 3 is 2.48 bits per heavy atom. The Kier molecular flexibility index (Phi) is 3.82. The molecule has 3 rings (SSSR count). The number of nitro benzene ring substituents is 1. The van der Waals surface area contributed by atoms with E-state index in [1.54, 1.807) is 4.90 Å². The summed E-state index contributed by atoms with van der Waals surface area (Å²) in [6.07, 6.45) is 2.51. The minimum absolute atomic E-state index is 0.112. The number of benzene rings is 1. The highest BCUT2D eigenvalue weighted by molar-refractivity contribution is 6.33. The van der Waals surface area contributed by atoms with Crippen molar-refractivity contribution in [3.05, 3.63) is 38.9 Å². The first-order valence-corrected chi connectivity index (χ1v) is 7.41. The third-order valence-corrected chi connectivity index (χ3v) is 4.39. The highest BCUT2D eigenvalue weighted by Crippen LogP contribution is 2.28. The van der Waals surface area contributed by atoms with Gasteiger partial charge >= 0.3 is 0 Å². The lowest BCUT2D eigenvalue weighted by atomic mass is 10.1. The second kappa shape index (κ2) is 5.61. The lowest BCUT2D eigenvalue weighted by Gasteiger charge is -2.34. The van der Waals surface area contributed by atoms with Crippen molar-refractivity contribution < 1.29 is 9.72 Å². The Morgan fingerprint density at radius 2 is 1.90 bits per heavy atom. The van der Waals surface area contributed by atoms with E-state index in [9.17, 15) is 14.9 Å². The molecule has 0 radical (unpaired) electrons. The van der Waals surface area contributed by atoms with Crippen LogP contribution >= 0.6 is 11.6 Å². The SMILES string of the molecule is O=C(c1cc([N+](=O)[O-])ccc1Cl)N1CCN(C2CC2)CC1. The molecule has 0 bridgehead atoms. The van der Waals surface area contributed by atoms with Gasteiger partial charge in [-0.05, 0) is 18.9 Å². The molecule has 0 aromatic heterocycles. The molecule has 6 nitrogen and oxygen atoms in total. The molecule has 0 atom stereocenters. The highest BCUT2D eigenvalue weighted by Gasteiger charge is 2.33. The van der Waals surface area contributed by atoms with Crippen LogP contribution in [0.4, 0.5) is 5.69 Å². The summed E-state index contributed by atoms with van der Waals surface area (Å²) in [5.74, 6) is -0.223. The van der Waals surface area contributed by atoms with Crippen LogP contribution < -0.4 is 0 Å². The summed E-state index contributed by atoms with van der Waals surface area (Å²) in [7, 11) is 0. The number of nitrogens with zero attached hydrogens (tertiary/aromatic N) is 3. The fourth-order valence-corrected chi connectivity index (χ4v) is 2.89. The van der Waals surface area contributed by atoms with E-state index < -0.39 is 4.92 Å². The Balaban J connectivity index is 1.72. The number of carbonyl (C=O) groups excluding carboxylic acids is 1. The van der Waals surface area contributed by atoms with Crippen molar-refractivity contribution in [2.75, 3.05) is 26.2 Å². The van der Waals surface area contributed by atoms with Gasteiger partial charge < -0.3 is 4.90 Å². The van der Waals surface area contributed by atoms with E-state index in [1.165, 1.54) is 31.0 Å². The summed E-state index contributed by atoms with van der Waals surface area (Å²) in [6.45, 7) is 3.02. The predicted molar refractivity (Wildman–Crippen MR) is 78.6 cm³/mol. The van der Waals surface area contributed by atoms with Crippen LogP contribution in [0.25, 0.3) is 0 Å². The Bertz CT molecular complexity index is 581. The normalized spacial score (nSPS) is 19.6. The van der Waals surface area contributed by atoms with Crippen molar-refractivity contribution in [3.63, 3.8) is 0 Å². The van der Waals surface area contributed by atoms with E-state index in [0.29, 0.717) is 19.1 Å². The summed E-state index contributed by atoms with van der Waals surface area (Å²) >= 11 is 6.02. The standard InChI is InChI=1S/C14H16ClN3O3/c15-13-4-3-11(18(20)21)9-12(13)14(19)17-7-5-16(6-8-17)10-1-2-10/h3-4,9-10H,1-2,5-8H2. The van der Waals surface area contributed by atoms with Crippen LogP contribution in [-0.2, 0) is 0 Å². The van der Waals surface area contributed by atoms with Gasteiger partial charge in [-0.2, -0.15) is 0 Å². The number of hydrogen-bond acceptors (Lipinski definition) is 4. The zero-order valence-electron chi connectivity index (χ0n) is 11.5. The highest BCUT2D eigenvalue weighted by atomic mass is 35.5. The van der Waals surface area contributed by atoms with Crippen LogP contribution in [0.3, 0.4) is 0 Å². The van der Waals surface area contributed by atoms with Crippen molar-refractivity contribution in [1.29, 1.82) is 0 Å². The zero-order chi connectivity index (χ0) is 15.0. The van der Waals surface area contributed by atoms with E-state index in [0.717, 1.165) is 13.1 Å². The maximum absolute atomic E-state index is 12.5. The molecule has 0 N–H and O–H groups in total. The largest absolute Gasteiger partial charge is 0.336 e. The van der Waals surface area contributed by atoms with Crippen molar-refractivity contribution in [2.45, 2.75) is 18.9 Å². The second-order valence-corrected chi connectivity index (χ2v) is 5.89. The third kappa shape index (κ3) is 3.01. The van der Waals surface area contributed by atoms with Crippen molar-refractivity contribution >= 4 is 23.2 Å². The van der Waals surface area contributed by atoms with E-state index in [-0.39, 0.29) is 22.2 Å². The molecule has 0 unspecified atom stereocenters. The van der Waals surface area contributed by atoms with Crippen LogP contribution in [0.1, 0.15) is 23.2 Å². The molecular weight excluding hydrogens is 294 g/mol. The van der Waals surface area contributed by atoms with Gasteiger partial charge in [-0.25, -0.2) is 0 Å². The summed E-state index contributed by atoms with van der Waals surface area (Å²) in [6, 6.07) is 4.68. The molecule has 1 aromatic carbocycles. The van der Waals surface area contributed by atoms with Gasteiger partial charge in [-0.15, -0.1) is 0 Å². The molecule has 7 heteroatoms. The average molecular weight is 310 g/mol. The van der Waals surface area contributed by atoms with Gasteiger partial charge in [-0.3, -0.25) is 19.8 Å². The average Bonchev–Trinajstić information content (AvgIpc) is 3.31. The quantitative estimate of drug-likeness (QED) is 0.634. The second-order valence-electron chi connectivity index (χ2n) is 5.48. The number of piperazine rings is 1. The molecule has 2 fully saturated rings. The van der Waals surface area contributed by atoms with Crippen LogP contribution in [0.15, 0.2) is 18.2 Å². The number of non-ortho nitro benzene ring substituents is 1. The summed E-state index contributed by atoms with van der Waals surface area (Å²) < 4.78 is 0. The van der Waals surface area contributed by atoms with Gasteiger partial charge in [0.25, 0.3) is 11.6 Å². The molecule has 0 spiro atoms. The lowest BCUT2D eigenvalue weighted by molar-refractivity contribution is -0.384. The van der Waals surface area contributed by atoms with Gasteiger partial charge in [0, 0.05) is 44.4 Å². The number of hydrogen-bond donors (Lipinski definition) is 0. The molecule has 112 valence electrons. The molecule has 2 aliphatic rings.